The van der Waals surface area contributed by atoms with Crippen LogP contribution in [0.2, 0.25) is 0 Å². The molecule has 222 valence electrons. The van der Waals surface area contributed by atoms with Gasteiger partial charge in [0.05, 0.1) is 24.8 Å². The average Bonchev–Trinajstić information content (AvgIpc) is 3.24. The highest BCUT2D eigenvalue weighted by Gasteiger charge is 2.19. The summed E-state index contributed by atoms with van der Waals surface area (Å²) >= 11 is 0. The Balaban J connectivity index is 1.13. The van der Waals surface area contributed by atoms with Crippen LogP contribution in [0.5, 0.6) is 11.5 Å². The van der Waals surface area contributed by atoms with Crippen molar-refractivity contribution < 1.29 is 14.3 Å². The number of para-hydroxylation sites is 2. The van der Waals surface area contributed by atoms with Gasteiger partial charge in [0.2, 0.25) is 0 Å². The molecule has 1 amide bonds. The molecule has 1 aromatic heterocycles. The Morgan fingerprint density at radius 3 is 2.38 bits per heavy atom. The number of rotatable bonds is 13. The van der Waals surface area contributed by atoms with E-state index in [1.54, 1.807) is 7.11 Å². The molecule has 2 heterocycles. The number of benzene rings is 3. The van der Waals surface area contributed by atoms with Gasteiger partial charge in [-0.3, -0.25) is 4.79 Å². The van der Waals surface area contributed by atoms with Crippen LogP contribution in [0.25, 0.3) is 10.9 Å². The zero-order chi connectivity index (χ0) is 29.1. The number of fused-ring (bicyclic) bond motifs is 1. The van der Waals surface area contributed by atoms with E-state index in [2.05, 4.69) is 38.7 Å². The van der Waals surface area contributed by atoms with Gasteiger partial charge in [0.15, 0.2) is 0 Å². The van der Waals surface area contributed by atoms with Crippen molar-refractivity contribution in [2.45, 2.75) is 39.3 Å². The molecule has 0 radical (unpaired) electrons. The van der Waals surface area contributed by atoms with E-state index in [1.165, 1.54) is 12.0 Å². The Bertz CT molecular complexity index is 1430. The molecule has 1 aliphatic heterocycles. The second kappa shape index (κ2) is 14.9. The number of ether oxygens (including phenoxy) is 2. The Morgan fingerprint density at radius 1 is 0.857 bits per heavy atom. The number of nitrogens with zero attached hydrogens (tertiary/aromatic N) is 3. The predicted molar refractivity (Wildman–Crippen MR) is 170 cm³/mol. The Morgan fingerprint density at radius 2 is 1.62 bits per heavy atom. The molecule has 0 unspecified atom stereocenters. The molecule has 3 aromatic carbocycles. The largest absolute Gasteiger partial charge is 0.495 e. The van der Waals surface area contributed by atoms with Crippen molar-refractivity contribution in [3.63, 3.8) is 0 Å². The first-order valence-electron chi connectivity index (χ1n) is 15.2. The highest BCUT2D eigenvalue weighted by molar-refractivity contribution is 6.08. The zero-order valence-corrected chi connectivity index (χ0v) is 25.1. The molecule has 1 saturated heterocycles. The third-order valence-corrected chi connectivity index (χ3v) is 8.05. The summed E-state index contributed by atoms with van der Waals surface area (Å²) in [5.74, 6) is 1.69. The predicted octanol–water partition coefficient (Wildman–Crippen LogP) is 5.76. The summed E-state index contributed by atoms with van der Waals surface area (Å²) in [4.78, 5) is 18.5. The number of methoxy groups -OCH3 is 1. The number of carbonyl (C=O) groups excluding carboxylic acids is 1. The SMILES string of the molecule is COc1cccc2c(C(=O)NCc3cccc(C)c3)cn(CCCN3CCCN(CCCOc4ccccc4)CC3)c12. The fraction of sp³-hybridized carbons (Fsp3) is 0.400. The van der Waals surface area contributed by atoms with Crippen molar-refractivity contribution >= 4 is 16.8 Å². The summed E-state index contributed by atoms with van der Waals surface area (Å²) < 4.78 is 13.8. The lowest BCUT2D eigenvalue weighted by molar-refractivity contribution is 0.0952. The van der Waals surface area contributed by atoms with E-state index < -0.39 is 0 Å². The summed E-state index contributed by atoms with van der Waals surface area (Å²) in [7, 11) is 1.69. The molecular formula is C35H44N4O3. The van der Waals surface area contributed by atoms with Gasteiger partial charge in [-0.2, -0.15) is 0 Å². The first-order valence-corrected chi connectivity index (χ1v) is 15.2. The van der Waals surface area contributed by atoms with Gasteiger partial charge in [0.1, 0.15) is 11.5 Å². The normalized spacial score (nSPS) is 14.5. The van der Waals surface area contributed by atoms with Crippen LogP contribution in [0, 0.1) is 6.92 Å². The maximum Gasteiger partial charge on any atom is 0.253 e. The second-order valence-corrected chi connectivity index (χ2v) is 11.2. The average molecular weight is 569 g/mol. The number of aromatic nitrogens is 1. The van der Waals surface area contributed by atoms with Crippen LogP contribution in [0.15, 0.2) is 79.0 Å². The van der Waals surface area contributed by atoms with Crippen LogP contribution in [-0.2, 0) is 13.1 Å². The minimum absolute atomic E-state index is 0.0599. The molecule has 1 N–H and O–H groups in total. The van der Waals surface area contributed by atoms with Crippen molar-refractivity contribution in [3.05, 3.63) is 95.7 Å². The van der Waals surface area contributed by atoms with Crippen molar-refractivity contribution in [2.24, 2.45) is 0 Å². The molecule has 0 bridgehead atoms. The summed E-state index contributed by atoms with van der Waals surface area (Å²) in [6.45, 7) is 10.7. The third kappa shape index (κ3) is 7.93. The highest BCUT2D eigenvalue weighted by Crippen LogP contribution is 2.30. The number of carbonyl (C=O) groups is 1. The number of hydrogen-bond donors (Lipinski definition) is 1. The molecule has 1 fully saturated rings. The van der Waals surface area contributed by atoms with Gasteiger partial charge in [-0.05, 0) is 69.6 Å². The van der Waals surface area contributed by atoms with Gasteiger partial charge in [0, 0.05) is 44.3 Å². The van der Waals surface area contributed by atoms with E-state index >= 15 is 0 Å². The molecule has 4 aromatic rings. The molecule has 7 nitrogen and oxygen atoms in total. The topological polar surface area (TPSA) is 59.0 Å². The number of amides is 1. The third-order valence-electron chi connectivity index (χ3n) is 8.05. The number of aryl methyl sites for hydroxylation is 2. The van der Waals surface area contributed by atoms with Crippen LogP contribution < -0.4 is 14.8 Å². The minimum atomic E-state index is -0.0599. The van der Waals surface area contributed by atoms with E-state index in [1.807, 2.05) is 66.9 Å². The smallest absolute Gasteiger partial charge is 0.253 e. The Hall–Kier alpha value is -3.81. The first-order chi connectivity index (χ1) is 20.6. The maximum absolute atomic E-state index is 13.3. The maximum atomic E-state index is 13.3. The molecule has 42 heavy (non-hydrogen) atoms. The number of hydrogen-bond acceptors (Lipinski definition) is 5. The minimum Gasteiger partial charge on any atom is -0.495 e. The monoisotopic (exact) mass is 568 g/mol. The van der Waals surface area contributed by atoms with Crippen LogP contribution in [-0.4, -0.2) is 73.3 Å². The summed E-state index contributed by atoms with van der Waals surface area (Å²) in [6.07, 6.45) is 5.24. The van der Waals surface area contributed by atoms with Crippen molar-refractivity contribution in [1.29, 1.82) is 0 Å². The quantitative estimate of drug-likeness (QED) is 0.208. The van der Waals surface area contributed by atoms with Crippen molar-refractivity contribution in [1.82, 2.24) is 19.7 Å². The zero-order valence-electron chi connectivity index (χ0n) is 25.1. The summed E-state index contributed by atoms with van der Waals surface area (Å²) in [6, 6.07) is 24.3. The van der Waals surface area contributed by atoms with Crippen LogP contribution >= 0.6 is 0 Å². The molecule has 7 heteroatoms. The standard InChI is InChI=1S/C35H44N4O3/c1-28-11-6-12-29(25-28)26-36-35(40)32-27-39(34-31(32)15-7-16-33(34)41-2)21-9-19-37-17-8-18-38(23-22-37)20-10-24-42-30-13-4-3-5-14-30/h3-7,11-16,25,27H,8-10,17-24,26H2,1-2H3,(H,36,40). The van der Waals surface area contributed by atoms with Gasteiger partial charge in [0.25, 0.3) is 5.91 Å². The lowest BCUT2D eigenvalue weighted by atomic mass is 10.1. The molecular weight excluding hydrogens is 524 g/mol. The Labute approximate surface area is 250 Å². The van der Waals surface area contributed by atoms with Gasteiger partial charge in [-0.15, -0.1) is 0 Å². The molecule has 1 aliphatic rings. The lowest BCUT2D eigenvalue weighted by Gasteiger charge is -2.22. The van der Waals surface area contributed by atoms with Gasteiger partial charge < -0.3 is 29.2 Å². The lowest BCUT2D eigenvalue weighted by Crippen LogP contribution is -2.32. The fourth-order valence-electron chi connectivity index (χ4n) is 5.88. The van der Waals surface area contributed by atoms with Gasteiger partial charge in [-0.1, -0.05) is 60.2 Å². The van der Waals surface area contributed by atoms with Crippen LogP contribution in [0.3, 0.4) is 0 Å². The molecule has 0 saturated carbocycles. The van der Waals surface area contributed by atoms with E-state index in [0.29, 0.717) is 12.1 Å². The van der Waals surface area contributed by atoms with Crippen LogP contribution in [0.4, 0.5) is 0 Å². The van der Waals surface area contributed by atoms with Crippen molar-refractivity contribution in [3.8, 4) is 11.5 Å². The van der Waals surface area contributed by atoms with Crippen molar-refractivity contribution in [2.75, 3.05) is 53.0 Å². The second-order valence-electron chi connectivity index (χ2n) is 11.2. The highest BCUT2D eigenvalue weighted by atomic mass is 16.5. The molecule has 5 rings (SSSR count). The Kier molecular flexibility index (Phi) is 10.5. The van der Waals surface area contributed by atoms with E-state index in [4.69, 9.17) is 9.47 Å². The van der Waals surface area contributed by atoms with E-state index in [-0.39, 0.29) is 5.91 Å². The first kappa shape index (κ1) is 29.7. The van der Waals surface area contributed by atoms with Gasteiger partial charge in [-0.25, -0.2) is 0 Å². The molecule has 0 aliphatic carbocycles. The summed E-state index contributed by atoms with van der Waals surface area (Å²) in [5.41, 5.74) is 3.97. The van der Waals surface area contributed by atoms with E-state index in [9.17, 15) is 4.79 Å². The van der Waals surface area contributed by atoms with E-state index in [0.717, 1.165) is 93.2 Å². The number of nitrogens with one attached hydrogen (secondary N) is 1. The molecule has 0 spiro atoms. The fourth-order valence-corrected chi connectivity index (χ4v) is 5.88. The molecule has 0 atom stereocenters. The summed E-state index contributed by atoms with van der Waals surface area (Å²) in [5, 5.41) is 4.05. The van der Waals surface area contributed by atoms with Crippen LogP contribution in [0.1, 0.15) is 40.7 Å². The van der Waals surface area contributed by atoms with Gasteiger partial charge >= 0.3 is 0 Å².